The molecule has 2 N–H and O–H groups in total. The van der Waals surface area contributed by atoms with Gasteiger partial charge < -0.3 is 15.2 Å². The van der Waals surface area contributed by atoms with Crippen molar-refractivity contribution in [2.45, 2.75) is 20.3 Å². The van der Waals surface area contributed by atoms with E-state index < -0.39 is 0 Å². The predicted molar refractivity (Wildman–Crippen MR) is 77.0 cm³/mol. The Bertz CT molecular complexity index is 410. The van der Waals surface area contributed by atoms with Gasteiger partial charge >= 0.3 is 0 Å². The summed E-state index contributed by atoms with van der Waals surface area (Å²) in [6.07, 6.45) is 0.940. The van der Waals surface area contributed by atoms with Crippen LogP contribution in [0.15, 0.2) is 16.6 Å². The molecule has 1 aromatic rings. The number of benzene rings is 1. The van der Waals surface area contributed by atoms with Gasteiger partial charge in [0.1, 0.15) is 4.99 Å². The van der Waals surface area contributed by atoms with E-state index in [1.54, 1.807) is 0 Å². The molecule has 0 saturated carbocycles. The van der Waals surface area contributed by atoms with Gasteiger partial charge in [-0.1, -0.05) is 19.1 Å². The van der Waals surface area contributed by atoms with Crippen LogP contribution < -0.4 is 15.2 Å². The average Bonchev–Trinajstić information content (AvgIpc) is 2.28. The Hall–Kier alpha value is -0.810. The lowest BCUT2D eigenvalue weighted by Crippen LogP contribution is -2.10. The predicted octanol–water partition coefficient (Wildman–Crippen LogP) is 3.27. The van der Waals surface area contributed by atoms with Crippen molar-refractivity contribution in [3.63, 3.8) is 0 Å². The minimum Gasteiger partial charge on any atom is -0.490 e. The topological polar surface area (TPSA) is 44.5 Å². The van der Waals surface area contributed by atoms with E-state index in [1.807, 2.05) is 19.1 Å². The molecule has 0 aromatic heterocycles. The van der Waals surface area contributed by atoms with E-state index in [9.17, 15) is 0 Å². The highest BCUT2D eigenvalue weighted by molar-refractivity contribution is 9.10. The highest BCUT2D eigenvalue weighted by atomic mass is 79.9. The molecule has 0 heterocycles. The quantitative estimate of drug-likeness (QED) is 0.818. The van der Waals surface area contributed by atoms with Crippen LogP contribution in [0.2, 0.25) is 0 Å². The second-order valence-corrected chi connectivity index (χ2v) is 4.73. The lowest BCUT2D eigenvalue weighted by Gasteiger charge is -2.14. The van der Waals surface area contributed by atoms with E-state index in [1.165, 1.54) is 0 Å². The van der Waals surface area contributed by atoms with Crippen molar-refractivity contribution >= 4 is 33.1 Å². The molecule has 0 saturated heterocycles. The standard InChI is InChI=1S/C12H16BrNO2S/c1-3-5-16-11-9(13)6-8(12(14)17)7-10(11)15-4-2/h6-7H,3-5H2,1-2H3,(H2,14,17). The third-order valence-corrected chi connectivity index (χ3v) is 2.87. The molecular weight excluding hydrogens is 302 g/mol. The number of rotatable bonds is 6. The fraction of sp³-hybridized carbons (Fsp3) is 0.417. The molecule has 1 rings (SSSR count). The van der Waals surface area contributed by atoms with Crippen LogP contribution in [0.5, 0.6) is 11.5 Å². The van der Waals surface area contributed by atoms with Gasteiger partial charge in [-0.25, -0.2) is 0 Å². The van der Waals surface area contributed by atoms with Gasteiger partial charge in [0.2, 0.25) is 0 Å². The highest BCUT2D eigenvalue weighted by Crippen LogP contribution is 2.37. The molecule has 94 valence electrons. The summed E-state index contributed by atoms with van der Waals surface area (Å²) in [6, 6.07) is 3.65. The molecule has 0 aliphatic carbocycles. The zero-order chi connectivity index (χ0) is 12.8. The molecule has 0 aliphatic heterocycles. The van der Waals surface area contributed by atoms with Crippen LogP contribution in [0.4, 0.5) is 0 Å². The first-order valence-corrected chi connectivity index (χ1v) is 6.69. The molecule has 0 amide bonds. The van der Waals surface area contributed by atoms with Crippen LogP contribution in [0.3, 0.4) is 0 Å². The number of halogens is 1. The van der Waals surface area contributed by atoms with Gasteiger partial charge in [0.05, 0.1) is 17.7 Å². The maximum Gasteiger partial charge on any atom is 0.175 e. The fourth-order valence-electron chi connectivity index (χ4n) is 1.32. The normalized spacial score (nSPS) is 10.1. The molecule has 0 spiro atoms. The maximum absolute atomic E-state index is 5.65. The molecule has 0 fully saturated rings. The van der Waals surface area contributed by atoms with E-state index in [4.69, 9.17) is 27.4 Å². The molecule has 1 aromatic carbocycles. The van der Waals surface area contributed by atoms with Crippen molar-refractivity contribution in [3.05, 3.63) is 22.2 Å². The lowest BCUT2D eigenvalue weighted by molar-refractivity contribution is 0.275. The van der Waals surface area contributed by atoms with Crippen molar-refractivity contribution in [3.8, 4) is 11.5 Å². The van der Waals surface area contributed by atoms with Crippen molar-refractivity contribution in [1.29, 1.82) is 0 Å². The summed E-state index contributed by atoms with van der Waals surface area (Å²) in [5.74, 6) is 1.37. The summed E-state index contributed by atoms with van der Waals surface area (Å²) in [6.45, 7) is 5.18. The van der Waals surface area contributed by atoms with Crippen molar-refractivity contribution in [2.75, 3.05) is 13.2 Å². The Balaban J connectivity index is 3.12. The largest absolute Gasteiger partial charge is 0.490 e. The van der Waals surface area contributed by atoms with Crippen LogP contribution in [0.25, 0.3) is 0 Å². The second-order valence-electron chi connectivity index (χ2n) is 3.43. The number of hydrogen-bond acceptors (Lipinski definition) is 3. The Morgan fingerprint density at radius 3 is 2.59 bits per heavy atom. The van der Waals surface area contributed by atoms with Gasteiger partial charge in [-0.15, -0.1) is 0 Å². The Morgan fingerprint density at radius 1 is 1.35 bits per heavy atom. The van der Waals surface area contributed by atoms with Crippen molar-refractivity contribution in [2.24, 2.45) is 5.73 Å². The molecular formula is C12H16BrNO2S. The molecule has 0 radical (unpaired) electrons. The number of ether oxygens (including phenoxy) is 2. The average molecular weight is 318 g/mol. The molecule has 3 nitrogen and oxygen atoms in total. The van der Waals surface area contributed by atoms with E-state index in [0.717, 1.165) is 16.5 Å². The lowest BCUT2D eigenvalue weighted by atomic mass is 10.2. The zero-order valence-corrected chi connectivity index (χ0v) is 12.4. The number of nitrogens with two attached hydrogens (primary N) is 1. The first-order chi connectivity index (χ1) is 8.10. The van der Waals surface area contributed by atoms with Crippen LogP contribution in [-0.2, 0) is 0 Å². The third-order valence-electron chi connectivity index (χ3n) is 2.04. The Kier molecular flexibility index (Phi) is 5.71. The molecule has 0 atom stereocenters. The maximum atomic E-state index is 5.65. The van der Waals surface area contributed by atoms with Gasteiger partial charge in [-0.2, -0.15) is 0 Å². The molecule has 0 aliphatic rings. The van der Waals surface area contributed by atoms with E-state index in [2.05, 4.69) is 22.9 Å². The number of thiocarbonyl (C=S) groups is 1. The Morgan fingerprint density at radius 2 is 2.06 bits per heavy atom. The SMILES string of the molecule is CCCOc1c(Br)cc(C(N)=S)cc1OCC. The van der Waals surface area contributed by atoms with Gasteiger partial charge in [0, 0.05) is 5.56 Å². The van der Waals surface area contributed by atoms with Gasteiger partial charge in [0.25, 0.3) is 0 Å². The Labute approximate surface area is 115 Å². The highest BCUT2D eigenvalue weighted by Gasteiger charge is 2.13. The summed E-state index contributed by atoms with van der Waals surface area (Å²) in [7, 11) is 0. The first-order valence-electron chi connectivity index (χ1n) is 5.49. The van der Waals surface area contributed by atoms with Crippen LogP contribution in [0.1, 0.15) is 25.8 Å². The molecule has 0 bridgehead atoms. The summed E-state index contributed by atoms with van der Waals surface area (Å²) in [5.41, 5.74) is 6.38. The smallest absolute Gasteiger partial charge is 0.175 e. The van der Waals surface area contributed by atoms with Crippen LogP contribution >= 0.6 is 28.1 Å². The summed E-state index contributed by atoms with van der Waals surface area (Å²) < 4.78 is 12.0. The first kappa shape index (κ1) is 14.3. The molecule has 5 heteroatoms. The molecule has 17 heavy (non-hydrogen) atoms. The van der Waals surface area contributed by atoms with Crippen LogP contribution in [0, 0.1) is 0 Å². The fourth-order valence-corrected chi connectivity index (χ4v) is 1.99. The van der Waals surface area contributed by atoms with Crippen LogP contribution in [-0.4, -0.2) is 18.2 Å². The van der Waals surface area contributed by atoms with Crippen molar-refractivity contribution < 1.29 is 9.47 Å². The summed E-state index contributed by atoms with van der Waals surface area (Å²) in [4.78, 5) is 0.341. The molecule has 0 unspecified atom stereocenters. The third kappa shape index (κ3) is 3.85. The van der Waals surface area contributed by atoms with E-state index in [0.29, 0.717) is 29.7 Å². The van der Waals surface area contributed by atoms with Gasteiger partial charge in [-0.3, -0.25) is 0 Å². The number of hydrogen-bond donors (Lipinski definition) is 1. The van der Waals surface area contributed by atoms with Crippen molar-refractivity contribution in [1.82, 2.24) is 0 Å². The minimum atomic E-state index is 0.341. The minimum absolute atomic E-state index is 0.341. The summed E-state index contributed by atoms with van der Waals surface area (Å²) >= 11 is 8.40. The van der Waals surface area contributed by atoms with E-state index >= 15 is 0 Å². The van der Waals surface area contributed by atoms with E-state index in [-0.39, 0.29) is 0 Å². The monoisotopic (exact) mass is 317 g/mol. The summed E-state index contributed by atoms with van der Waals surface area (Å²) in [5, 5.41) is 0. The van der Waals surface area contributed by atoms with Gasteiger partial charge in [0.15, 0.2) is 11.5 Å². The van der Waals surface area contributed by atoms with Gasteiger partial charge in [-0.05, 0) is 41.4 Å². The second kappa shape index (κ2) is 6.81. The zero-order valence-electron chi connectivity index (χ0n) is 9.96.